The van der Waals surface area contributed by atoms with E-state index in [2.05, 4.69) is 0 Å². The average molecular weight is 307 g/mol. The fourth-order valence-electron chi connectivity index (χ4n) is 2.70. The molecule has 1 aliphatic carbocycles. The van der Waals surface area contributed by atoms with Gasteiger partial charge in [0.05, 0.1) is 10.0 Å². The van der Waals surface area contributed by atoms with Crippen molar-refractivity contribution in [1.29, 1.82) is 0 Å². The molecular weight excluding hydrogens is 291 g/mol. The second-order valence-electron chi connectivity index (χ2n) is 4.78. The van der Waals surface area contributed by atoms with Crippen molar-refractivity contribution in [2.45, 2.75) is 26.2 Å². The molecule has 0 saturated heterocycles. The van der Waals surface area contributed by atoms with Gasteiger partial charge in [0.1, 0.15) is 0 Å². The van der Waals surface area contributed by atoms with E-state index >= 15 is 0 Å². The molecule has 0 unspecified atom stereocenters. The first-order valence-electron chi connectivity index (χ1n) is 6.24. The molecule has 0 aromatic heterocycles. The second-order valence-corrected chi connectivity index (χ2v) is 5.59. The zero-order valence-electron chi connectivity index (χ0n) is 10.2. The summed E-state index contributed by atoms with van der Waals surface area (Å²) in [6.07, 6.45) is 1.41. The summed E-state index contributed by atoms with van der Waals surface area (Å²) in [5.41, 5.74) is 3.05. The number of carbonyl (C=O) groups is 1. The van der Waals surface area contributed by atoms with Gasteiger partial charge in [0.15, 0.2) is 5.78 Å². The Kier molecular flexibility index (Phi) is 4.52. The third-order valence-electron chi connectivity index (χ3n) is 3.64. The van der Waals surface area contributed by atoms with E-state index < -0.39 is 0 Å². The number of hydrogen-bond acceptors (Lipinski definition) is 1. The maximum absolute atomic E-state index is 11.9. The van der Waals surface area contributed by atoms with Crippen molar-refractivity contribution >= 4 is 29.0 Å². The van der Waals surface area contributed by atoms with Crippen molar-refractivity contribution in [2.24, 2.45) is 0 Å². The molecule has 0 radical (unpaired) electrons. The summed E-state index contributed by atoms with van der Waals surface area (Å²) in [5.74, 6) is 0.454. The summed E-state index contributed by atoms with van der Waals surface area (Å²) in [4.78, 5) is 11.9. The van der Waals surface area contributed by atoms with Crippen LogP contribution in [0.5, 0.6) is 0 Å². The van der Waals surface area contributed by atoms with E-state index in [1.807, 2.05) is 42.5 Å². The van der Waals surface area contributed by atoms with Crippen LogP contribution in [0.15, 0.2) is 42.5 Å². The van der Waals surface area contributed by atoms with Crippen LogP contribution in [-0.2, 0) is 0 Å². The summed E-state index contributed by atoms with van der Waals surface area (Å²) in [5, 5.41) is 1.12. The van der Waals surface area contributed by atoms with Crippen LogP contribution in [0.4, 0.5) is 0 Å². The van der Waals surface area contributed by atoms with Gasteiger partial charge in [-0.15, -0.1) is 0 Å². The summed E-state index contributed by atoms with van der Waals surface area (Å²) >= 11 is 12.0. The molecule has 0 spiro atoms. The van der Waals surface area contributed by atoms with Crippen molar-refractivity contribution in [3.05, 3.63) is 69.2 Å². The normalized spacial score (nSPS) is 17.3. The van der Waals surface area contributed by atoms with Gasteiger partial charge in [-0.25, -0.2) is 0 Å². The topological polar surface area (TPSA) is 17.1 Å². The third kappa shape index (κ3) is 2.61. The molecule has 2 aromatic rings. The highest BCUT2D eigenvalue weighted by molar-refractivity contribution is 6.42. The quantitative estimate of drug-likeness (QED) is 0.656. The van der Waals surface area contributed by atoms with Gasteiger partial charge >= 0.3 is 0 Å². The molecule has 0 N–H and O–H groups in total. The lowest BCUT2D eigenvalue weighted by Gasteiger charge is -2.25. The van der Waals surface area contributed by atoms with E-state index in [1.165, 1.54) is 0 Å². The molecular formula is C17H16Cl2O. The second kappa shape index (κ2) is 5.99. The Hall–Kier alpha value is -1.31. The number of ketones is 1. The Morgan fingerprint density at radius 3 is 2.50 bits per heavy atom. The first-order valence-corrected chi connectivity index (χ1v) is 6.99. The molecule has 0 bridgehead atoms. The van der Waals surface area contributed by atoms with Crippen LogP contribution in [0.25, 0.3) is 0 Å². The minimum absolute atomic E-state index is 0. The Morgan fingerprint density at radius 2 is 1.75 bits per heavy atom. The molecule has 0 amide bonds. The van der Waals surface area contributed by atoms with Gasteiger partial charge in [-0.05, 0) is 29.7 Å². The highest BCUT2D eigenvalue weighted by Gasteiger charge is 2.26. The molecule has 3 heteroatoms. The zero-order valence-corrected chi connectivity index (χ0v) is 11.7. The van der Waals surface area contributed by atoms with E-state index in [9.17, 15) is 4.79 Å². The maximum atomic E-state index is 11.9. The van der Waals surface area contributed by atoms with Crippen LogP contribution in [0, 0.1) is 0 Å². The van der Waals surface area contributed by atoms with E-state index in [1.54, 1.807) is 0 Å². The van der Waals surface area contributed by atoms with Gasteiger partial charge in [-0.2, -0.15) is 0 Å². The Bertz CT molecular complexity index is 649. The largest absolute Gasteiger partial charge is 0.294 e. The van der Waals surface area contributed by atoms with Crippen LogP contribution in [0.1, 0.15) is 47.7 Å². The van der Waals surface area contributed by atoms with Gasteiger partial charge in [-0.1, -0.05) is 61.0 Å². The Labute approximate surface area is 129 Å². The number of hydrogen-bond donors (Lipinski definition) is 0. The number of fused-ring (bicyclic) bond motifs is 1. The summed E-state index contributed by atoms with van der Waals surface area (Å²) in [6.45, 7) is 0. The smallest absolute Gasteiger partial charge is 0.163 e. The molecule has 20 heavy (non-hydrogen) atoms. The number of Topliss-reactive ketones (excluding diaryl/α,β-unsaturated/α-hetero) is 1. The maximum Gasteiger partial charge on any atom is 0.163 e. The van der Waals surface area contributed by atoms with Gasteiger partial charge < -0.3 is 0 Å². The molecule has 1 atom stereocenters. The van der Waals surface area contributed by atoms with Crippen molar-refractivity contribution in [1.82, 2.24) is 0 Å². The predicted octanol–water partition coefficient (Wildman–Crippen LogP) is 5.74. The average Bonchev–Trinajstić information content (AvgIpc) is 2.43. The van der Waals surface area contributed by atoms with Gasteiger partial charge in [0.25, 0.3) is 0 Å². The summed E-state index contributed by atoms with van der Waals surface area (Å²) in [6, 6.07) is 13.5. The fraction of sp³-hybridized carbons (Fsp3) is 0.235. The molecule has 0 heterocycles. The van der Waals surface area contributed by atoms with Crippen LogP contribution < -0.4 is 0 Å². The molecule has 0 saturated carbocycles. The van der Waals surface area contributed by atoms with E-state index in [-0.39, 0.29) is 19.1 Å². The van der Waals surface area contributed by atoms with Gasteiger partial charge in [-0.3, -0.25) is 4.79 Å². The minimum atomic E-state index is 0. The lowest BCUT2D eigenvalue weighted by atomic mass is 9.78. The van der Waals surface area contributed by atoms with E-state index in [4.69, 9.17) is 23.2 Å². The Morgan fingerprint density at radius 1 is 1.00 bits per heavy atom. The standard InChI is InChI=1S/C16H12Cl2O.CH4/c17-14-7-5-10(9-15(14)18)11-6-8-16(19)13-4-2-1-3-12(11)13;/h1-5,7,9,11H,6,8H2;1H4/t11-;/m1./s1. The SMILES string of the molecule is C.O=C1CC[C@H](c2ccc(Cl)c(Cl)c2)c2ccccc21. The molecule has 1 aliphatic rings. The van der Waals surface area contributed by atoms with Crippen molar-refractivity contribution in [3.8, 4) is 0 Å². The monoisotopic (exact) mass is 306 g/mol. The predicted molar refractivity (Wildman–Crippen MR) is 85.0 cm³/mol. The number of benzene rings is 2. The molecule has 3 rings (SSSR count). The minimum Gasteiger partial charge on any atom is -0.294 e. The number of halogens is 2. The molecule has 2 aromatic carbocycles. The molecule has 1 nitrogen and oxygen atoms in total. The van der Waals surface area contributed by atoms with Crippen molar-refractivity contribution < 1.29 is 4.79 Å². The lowest BCUT2D eigenvalue weighted by Crippen LogP contribution is -2.16. The van der Waals surface area contributed by atoms with Crippen LogP contribution in [-0.4, -0.2) is 5.78 Å². The highest BCUT2D eigenvalue weighted by atomic mass is 35.5. The first-order chi connectivity index (χ1) is 9.16. The van der Waals surface area contributed by atoms with Crippen LogP contribution >= 0.6 is 23.2 Å². The third-order valence-corrected chi connectivity index (χ3v) is 4.38. The number of carbonyl (C=O) groups excluding carboxylic acids is 1. The van der Waals surface area contributed by atoms with Gasteiger partial charge in [0, 0.05) is 17.9 Å². The van der Waals surface area contributed by atoms with Crippen molar-refractivity contribution in [2.75, 3.05) is 0 Å². The van der Waals surface area contributed by atoms with Gasteiger partial charge in [0.2, 0.25) is 0 Å². The molecule has 0 aliphatic heterocycles. The number of rotatable bonds is 1. The molecule has 0 fully saturated rings. The van der Waals surface area contributed by atoms with Crippen LogP contribution in [0.3, 0.4) is 0 Å². The molecule has 104 valence electrons. The van der Waals surface area contributed by atoms with Crippen molar-refractivity contribution in [3.63, 3.8) is 0 Å². The summed E-state index contributed by atoms with van der Waals surface area (Å²) in [7, 11) is 0. The highest BCUT2D eigenvalue weighted by Crippen LogP contribution is 2.38. The first kappa shape index (κ1) is 15.1. The van der Waals surface area contributed by atoms with E-state index in [0.717, 1.165) is 23.1 Å². The van der Waals surface area contributed by atoms with E-state index in [0.29, 0.717) is 16.5 Å². The Balaban J connectivity index is 0.00000147. The fourth-order valence-corrected chi connectivity index (χ4v) is 3.00. The lowest BCUT2D eigenvalue weighted by molar-refractivity contribution is 0.0969. The summed E-state index contributed by atoms with van der Waals surface area (Å²) < 4.78 is 0. The zero-order chi connectivity index (χ0) is 13.4. The van der Waals surface area contributed by atoms with Crippen LogP contribution in [0.2, 0.25) is 10.0 Å².